The van der Waals surface area contributed by atoms with Crippen molar-refractivity contribution in [2.45, 2.75) is 16.0 Å². The highest BCUT2D eigenvalue weighted by Crippen LogP contribution is 2.36. The number of sulfone groups is 1. The van der Waals surface area contributed by atoms with E-state index in [2.05, 4.69) is 10.3 Å². The first-order valence-electron chi connectivity index (χ1n) is 8.68. The van der Waals surface area contributed by atoms with Crippen LogP contribution in [0.25, 0.3) is 6.08 Å². The molecule has 0 saturated carbocycles. The lowest BCUT2D eigenvalue weighted by Crippen LogP contribution is -2.09. The quantitative estimate of drug-likeness (QED) is 0.522. The van der Waals surface area contributed by atoms with Crippen LogP contribution in [0.15, 0.2) is 82.9 Å². The van der Waals surface area contributed by atoms with Crippen molar-refractivity contribution in [2.24, 2.45) is 0 Å². The third-order valence-corrected chi connectivity index (χ3v) is 6.18. The summed E-state index contributed by atoms with van der Waals surface area (Å²) < 4.78 is 63.9. The summed E-state index contributed by atoms with van der Waals surface area (Å²) >= 11 is 5.62. The molecule has 3 rings (SSSR count). The van der Waals surface area contributed by atoms with E-state index < -0.39 is 32.5 Å². The zero-order valence-corrected chi connectivity index (χ0v) is 17.2. The normalized spacial score (nSPS) is 12.1. The van der Waals surface area contributed by atoms with E-state index in [1.807, 2.05) is 0 Å². The minimum absolute atomic E-state index is 0.160. The molecule has 0 radical (unpaired) electrons. The predicted molar refractivity (Wildman–Crippen MR) is 110 cm³/mol. The Morgan fingerprint density at radius 1 is 1.03 bits per heavy atom. The number of carbonyl (C=O) groups is 1. The Morgan fingerprint density at radius 2 is 1.71 bits per heavy atom. The largest absolute Gasteiger partial charge is 0.417 e. The number of carbonyl (C=O) groups excluding carboxylic acids is 1. The molecule has 31 heavy (non-hydrogen) atoms. The molecule has 1 heterocycles. The number of rotatable bonds is 5. The molecular formula is C21H14ClF3N2O3S. The first-order valence-corrected chi connectivity index (χ1v) is 10.5. The van der Waals surface area contributed by atoms with Crippen molar-refractivity contribution in [1.82, 2.24) is 4.98 Å². The maximum atomic E-state index is 12.8. The molecule has 160 valence electrons. The van der Waals surface area contributed by atoms with Gasteiger partial charge in [-0.25, -0.2) is 8.42 Å². The average molecular weight is 467 g/mol. The summed E-state index contributed by atoms with van der Waals surface area (Å²) in [5.74, 6) is -0.436. The zero-order valence-electron chi connectivity index (χ0n) is 15.6. The molecule has 0 unspecified atom stereocenters. The molecule has 3 aromatic rings. The number of pyridine rings is 1. The average Bonchev–Trinajstić information content (AvgIpc) is 2.72. The van der Waals surface area contributed by atoms with Crippen molar-refractivity contribution in [2.75, 3.05) is 5.32 Å². The molecule has 10 heteroatoms. The molecule has 0 aliphatic rings. The van der Waals surface area contributed by atoms with Gasteiger partial charge in [0.2, 0.25) is 15.7 Å². The Balaban J connectivity index is 1.75. The van der Waals surface area contributed by atoms with Gasteiger partial charge in [0, 0.05) is 24.2 Å². The van der Waals surface area contributed by atoms with Gasteiger partial charge in [-0.3, -0.25) is 9.78 Å². The van der Waals surface area contributed by atoms with Gasteiger partial charge in [0.05, 0.1) is 20.4 Å². The lowest BCUT2D eigenvalue weighted by atomic mass is 10.2. The molecule has 0 atom stereocenters. The van der Waals surface area contributed by atoms with Crippen LogP contribution in [-0.4, -0.2) is 19.3 Å². The minimum atomic E-state index is -4.69. The fraction of sp³-hybridized carbons (Fsp3) is 0.0476. The van der Waals surface area contributed by atoms with E-state index in [9.17, 15) is 26.4 Å². The Labute approximate surface area is 181 Å². The van der Waals surface area contributed by atoms with E-state index in [-0.39, 0.29) is 9.79 Å². The number of nitrogens with one attached hydrogen (secondary N) is 1. The van der Waals surface area contributed by atoms with Crippen LogP contribution >= 0.6 is 11.6 Å². The topological polar surface area (TPSA) is 76.1 Å². The Hall–Kier alpha value is -3.17. The second-order valence-corrected chi connectivity index (χ2v) is 8.63. The first-order chi connectivity index (χ1) is 14.6. The van der Waals surface area contributed by atoms with Crippen molar-refractivity contribution in [1.29, 1.82) is 0 Å². The summed E-state index contributed by atoms with van der Waals surface area (Å²) in [6.45, 7) is 0. The molecule has 0 aliphatic heterocycles. The summed E-state index contributed by atoms with van der Waals surface area (Å²) in [4.78, 5) is 15.4. The number of alkyl halides is 3. The number of hydrogen-bond donors (Lipinski definition) is 1. The molecule has 0 aliphatic carbocycles. The second-order valence-electron chi connectivity index (χ2n) is 6.28. The van der Waals surface area contributed by atoms with Gasteiger partial charge >= 0.3 is 6.18 Å². The summed E-state index contributed by atoms with van der Waals surface area (Å²) in [5.41, 5.74) is -0.0509. The van der Waals surface area contributed by atoms with E-state index in [1.54, 1.807) is 30.6 Å². The van der Waals surface area contributed by atoms with Crippen LogP contribution in [0.3, 0.4) is 0 Å². The van der Waals surface area contributed by atoms with Crippen LogP contribution in [0.4, 0.5) is 18.9 Å². The van der Waals surface area contributed by atoms with Gasteiger partial charge in [-0.2, -0.15) is 13.2 Å². The number of halogens is 4. The van der Waals surface area contributed by atoms with Crippen LogP contribution in [0.2, 0.25) is 5.02 Å². The summed E-state index contributed by atoms with van der Waals surface area (Å²) in [6, 6.07) is 10.9. The maximum Gasteiger partial charge on any atom is 0.417 e. The fourth-order valence-corrected chi connectivity index (χ4v) is 4.22. The number of hydrogen-bond acceptors (Lipinski definition) is 4. The van der Waals surface area contributed by atoms with Gasteiger partial charge in [-0.1, -0.05) is 17.7 Å². The predicted octanol–water partition coefficient (Wildman–Crippen LogP) is 5.24. The van der Waals surface area contributed by atoms with Gasteiger partial charge in [0.25, 0.3) is 0 Å². The van der Waals surface area contributed by atoms with Crippen LogP contribution in [0.1, 0.15) is 11.1 Å². The molecule has 1 aromatic heterocycles. The molecule has 5 nitrogen and oxygen atoms in total. The van der Waals surface area contributed by atoms with E-state index in [1.165, 1.54) is 30.3 Å². The summed E-state index contributed by atoms with van der Waals surface area (Å²) in [5, 5.41) is 1.87. The van der Waals surface area contributed by atoms with Crippen molar-refractivity contribution >= 4 is 39.1 Å². The van der Waals surface area contributed by atoms with E-state index in [0.717, 1.165) is 17.7 Å². The van der Waals surface area contributed by atoms with Gasteiger partial charge < -0.3 is 5.32 Å². The van der Waals surface area contributed by atoms with Crippen molar-refractivity contribution < 1.29 is 26.4 Å². The lowest BCUT2D eigenvalue weighted by Gasteiger charge is -2.11. The monoisotopic (exact) mass is 466 g/mol. The first kappa shape index (κ1) is 22.5. The highest BCUT2D eigenvalue weighted by molar-refractivity contribution is 7.91. The molecular weight excluding hydrogens is 453 g/mol. The third kappa shape index (κ3) is 5.50. The smallest absolute Gasteiger partial charge is 0.323 e. The third-order valence-electron chi connectivity index (χ3n) is 4.10. The summed E-state index contributed by atoms with van der Waals surface area (Å²) in [7, 11) is -4.10. The second kappa shape index (κ2) is 8.91. The zero-order chi connectivity index (χ0) is 22.6. The van der Waals surface area contributed by atoms with Crippen LogP contribution in [-0.2, 0) is 20.8 Å². The van der Waals surface area contributed by atoms with Gasteiger partial charge in [0.15, 0.2) is 0 Å². The molecule has 1 N–H and O–H groups in total. The Morgan fingerprint density at radius 3 is 2.29 bits per heavy atom. The molecule has 1 amide bonds. The van der Waals surface area contributed by atoms with Gasteiger partial charge in [-0.15, -0.1) is 0 Å². The van der Waals surface area contributed by atoms with Gasteiger partial charge in [0.1, 0.15) is 0 Å². The highest BCUT2D eigenvalue weighted by atomic mass is 35.5. The molecule has 2 aromatic carbocycles. The Bertz CT molecular complexity index is 1230. The van der Waals surface area contributed by atoms with Crippen molar-refractivity contribution in [3.63, 3.8) is 0 Å². The maximum absolute atomic E-state index is 12.8. The van der Waals surface area contributed by atoms with E-state index >= 15 is 0 Å². The molecule has 0 spiro atoms. The number of amides is 1. The molecule has 0 fully saturated rings. The fourth-order valence-electron chi connectivity index (χ4n) is 2.58. The standard InChI is InChI=1S/C21H14ClF3N2O3S/c22-19-12-17(8-9-18(19)21(23,24)25)31(29,30)16-6-4-15(5-7-16)27-20(28)10-3-14-2-1-11-26-13-14/h1-13H,(H,27,28). The van der Waals surface area contributed by atoms with E-state index in [0.29, 0.717) is 11.8 Å². The van der Waals surface area contributed by atoms with Crippen LogP contribution in [0.5, 0.6) is 0 Å². The summed E-state index contributed by atoms with van der Waals surface area (Å²) in [6.07, 6.45) is 1.36. The lowest BCUT2D eigenvalue weighted by molar-refractivity contribution is -0.137. The van der Waals surface area contributed by atoms with Crippen molar-refractivity contribution in [3.8, 4) is 0 Å². The highest BCUT2D eigenvalue weighted by Gasteiger charge is 2.34. The van der Waals surface area contributed by atoms with Crippen LogP contribution < -0.4 is 5.32 Å². The van der Waals surface area contributed by atoms with E-state index in [4.69, 9.17) is 11.6 Å². The minimum Gasteiger partial charge on any atom is -0.323 e. The molecule has 0 bridgehead atoms. The Kier molecular flexibility index (Phi) is 6.47. The van der Waals surface area contributed by atoms with Crippen molar-refractivity contribution in [3.05, 3.63) is 89.2 Å². The number of anilines is 1. The number of benzene rings is 2. The SMILES string of the molecule is O=C(C=Cc1cccnc1)Nc1ccc(S(=O)(=O)c2ccc(C(F)(F)F)c(Cl)c2)cc1. The van der Waals surface area contributed by atoms with Crippen LogP contribution in [0, 0.1) is 0 Å². The number of nitrogens with zero attached hydrogens (tertiary/aromatic N) is 1. The van der Waals surface area contributed by atoms with Gasteiger partial charge in [-0.05, 0) is 60.2 Å². The number of aromatic nitrogens is 1. The molecule has 0 saturated heterocycles.